The number of carbonyl (C=O) groups is 1. The number of aryl methyl sites for hydroxylation is 3. The minimum Gasteiger partial charge on any atom is -0.320 e. The number of amides is 1. The molecule has 1 aromatic carbocycles. The molecule has 27 heavy (non-hydrogen) atoms. The van der Waals surface area contributed by atoms with E-state index in [-0.39, 0.29) is 11.4 Å². The summed E-state index contributed by atoms with van der Waals surface area (Å²) in [5, 5.41) is 21.8. The van der Waals surface area contributed by atoms with Gasteiger partial charge in [-0.1, -0.05) is 17.7 Å². The molecular weight excluding hydrogens is 348 g/mol. The maximum Gasteiger partial charge on any atom is 0.307 e. The number of benzene rings is 1. The van der Waals surface area contributed by atoms with Crippen molar-refractivity contribution in [3.05, 3.63) is 69.8 Å². The fraction of sp³-hybridized carbons (Fsp3) is 0.167. The summed E-state index contributed by atoms with van der Waals surface area (Å²) >= 11 is 0. The minimum atomic E-state index is -0.562. The number of hydrogen-bond donors (Lipinski definition) is 1. The first-order valence-electron chi connectivity index (χ1n) is 8.12. The van der Waals surface area contributed by atoms with Gasteiger partial charge in [0.25, 0.3) is 5.91 Å². The molecule has 0 saturated carbocycles. The van der Waals surface area contributed by atoms with E-state index in [1.165, 1.54) is 10.9 Å². The lowest BCUT2D eigenvalue weighted by atomic mass is 10.1. The molecule has 0 aliphatic heterocycles. The molecule has 0 aliphatic rings. The molecule has 0 aliphatic carbocycles. The summed E-state index contributed by atoms with van der Waals surface area (Å²) in [5.74, 6) is -0.441. The highest BCUT2D eigenvalue weighted by Crippen LogP contribution is 2.20. The molecular formula is C18H18N6O3. The quantitative estimate of drug-likeness (QED) is 0.424. The van der Waals surface area contributed by atoms with E-state index in [1.807, 2.05) is 32.0 Å². The third-order valence-corrected chi connectivity index (χ3v) is 3.92. The largest absolute Gasteiger partial charge is 0.320 e. The van der Waals surface area contributed by atoms with Crippen LogP contribution >= 0.6 is 0 Å². The number of anilines is 1. The van der Waals surface area contributed by atoms with Crippen LogP contribution in [0.2, 0.25) is 0 Å². The van der Waals surface area contributed by atoms with Crippen LogP contribution in [-0.2, 0) is 11.8 Å². The summed E-state index contributed by atoms with van der Waals surface area (Å²) in [6, 6.07) is 5.67. The highest BCUT2D eigenvalue weighted by Gasteiger charge is 2.18. The van der Waals surface area contributed by atoms with Gasteiger partial charge in [0.15, 0.2) is 0 Å². The second-order valence-corrected chi connectivity index (χ2v) is 6.15. The van der Waals surface area contributed by atoms with Crippen LogP contribution in [0.5, 0.6) is 0 Å². The number of hydrogen-bond acceptors (Lipinski definition) is 5. The van der Waals surface area contributed by atoms with Gasteiger partial charge in [0.2, 0.25) is 0 Å². The average molecular weight is 366 g/mol. The first-order valence-corrected chi connectivity index (χ1v) is 8.12. The van der Waals surface area contributed by atoms with E-state index in [0.29, 0.717) is 11.3 Å². The van der Waals surface area contributed by atoms with Crippen molar-refractivity contribution in [1.82, 2.24) is 19.6 Å². The Hall–Kier alpha value is -3.75. The van der Waals surface area contributed by atoms with Crippen molar-refractivity contribution < 1.29 is 9.72 Å². The summed E-state index contributed by atoms with van der Waals surface area (Å²) in [7, 11) is 1.76. The van der Waals surface area contributed by atoms with Crippen LogP contribution in [0, 0.1) is 24.0 Å². The molecule has 0 saturated heterocycles. The van der Waals surface area contributed by atoms with Crippen molar-refractivity contribution in [3.8, 4) is 0 Å². The number of nitrogens with one attached hydrogen (secondary N) is 1. The van der Waals surface area contributed by atoms with Gasteiger partial charge in [-0.15, -0.1) is 0 Å². The Morgan fingerprint density at radius 1 is 1.22 bits per heavy atom. The van der Waals surface area contributed by atoms with E-state index < -0.39 is 10.8 Å². The van der Waals surface area contributed by atoms with E-state index >= 15 is 0 Å². The SMILES string of the molecule is Cc1ccc(NC(=O)C(=Cc2cnn(C)c2)n2cc([N+](=O)[O-])cn2)c(C)c1. The van der Waals surface area contributed by atoms with E-state index in [0.717, 1.165) is 17.3 Å². The van der Waals surface area contributed by atoms with Crippen molar-refractivity contribution in [1.29, 1.82) is 0 Å². The molecule has 0 spiro atoms. The predicted octanol–water partition coefficient (Wildman–Crippen LogP) is 2.78. The number of aromatic nitrogens is 4. The smallest absolute Gasteiger partial charge is 0.307 e. The molecule has 0 atom stereocenters. The Labute approximate surface area is 155 Å². The zero-order valence-corrected chi connectivity index (χ0v) is 15.1. The number of carbonyl (C=O) groups excluding carboxylic acids is 1. The van der Waals surface area contributed by atoms with Gasteiger partial charge in [0.1, 0.15) is 18.1 Å². The normalized spacial score (nSPS) is 11.4. The standard InChI is InChI=1S/C18H18N6O3/c1-12-4-5-16(13(2)6-12)21-18(25)17(7-14-8-19-22(3)10-14)23-11-15(9-20-23)24(26)27/h4-11H,1-3H3,(H,21,25). The molecule has 1 amide bonds. The maximum atomic E-state index is 12.9. The molecule has 9 nitrogen and oxygen atoms in total. The van der Waals surface area contributed by atoms with Gasteiger partial charge in [0.05, 0.1) is 11.1 Å². The Balaban J connectivity index is 1.98. The molecule has 3 aromatic rings. The third-order valence-electron chi connectivity index (χ3n) is 3.92. The second-order valence-electron chi connectivity index (χ2n) is 6.15. The lowest BCUT2D eigenvalue weighted by molar-refractivity contribution is -0.384. The first kappa shape index (κ1) is 18.1. The maximum absolute atomic E-state index is 12.9. The summed E-state index contributed by atoms with van der Waals surface area (Å²) < 4.78 is 2.78. The molecule has 0 bridgehead atoms. The Morgan fingerprint density at radius 3 is 2.59 bits per heavy atom. The zero-order chi connectivity index (χ0) is 19.6. The van der Waals surface area contributed by atoms with Gasteiger partial charge in [0, 0.05) is 24.5 Å². The van der Waals surface area contributed by atoms with E-state index in [2.05, 4.69) is 15.5 Å². The molecule has 2 heterocycles. The van der Waals surface area contributed by atoms with Crippen molar-refractivity contribution in [3.63, 3.8) is 0 Å². The molecule has 0 fully saturated rings. The summed E-state index contributed by atoms with van der Waals surface area (Å²) in [6.45, 7) is 3.86. The Bertz CT molecular complexity index is 1050. The molecule has 3 rings (SSSR count). The molecule has 1 N–H and O–H groups in total. The van der Waals surface area contributed by atoms with Crippen molar-refractivity contribution in [2.24, 2.45) is 7.05 Å². The predicted molar refractivity (Wildman–Crippen MR) is 101 cm³/mol. The molecule has 0 radical (unpaired) electrons. The highest BCUT2D eigenvalue weighted by molar-refractivity contribution is 6.24. The average Bonchev–Trinajstić information content (AvgIpc) is 3.24. The molecule has 138 valence electrons. The lowest BCUT2D eigenvalue weighted by Crippen LogP contribution is -2.18. The minimum absolute atomic E-state index is 0.135. The summed E-state index contributed by atoms with van der Waals surface area (Å²) in [5.41, 5.74) is 3.25. The fourth-order valence-corrected chi connectivity index (χ4v) is 2.59. The van der Waals surface area contributed by atoms with Gasteiger partial charge in [-0.05, 0) is 31.6 Å². The summed E-state index contributed by atoms with van der Waals surface area (Å²) in [6.07, 6.45) is 7.18. The van der Waals surface area contributed by atoms with E-state index in [4.69, 9.17) is 0 Å². The van der Waals surface area contributed by atoms with Crippen LogP contribution in [-0.4, -0.2) is 30.4 Å². The molecule has 2 aromatic heterocycles. The van der Waals surface area contributed by atoms with Gasteiger partial charge < -0.3 is 5.32 Å². The van der Waals surface area contributed by atoms with Crippen molar-refractivity contribution >= 4 is 29.1 Å². The number of rotatable bonds is 5. The fourth-order valence-electron chi connectivity index (χ4n) is 2.59. The van der Waals surface area contributed by atoms with E-state index in [1.54, 1.807) is 30.2 Å². The van der Waals surface area contributed by atoms with Gasteiger partial charge in [-0.3, -0.25) is 19.6 Å². The van der Waals surface area contributed by atoms with Crippen LogP contribution < -0.4 is 5.32 Å². The monoisotopic (exact) mass is 366 g/mol. The number of nitrogens with zero attached hydrogens (tertiary/aromatic N) is 5. The summed E-state index contributed by atoms with van der Waals surface area (Å²) in [4.78, 5) is 23.3. The van der Waals surface area contributed by atoms with Gasteiger partial charge in [-0.2, -0.15) is 10.2 Å². The van der Waals surface area contributed by atoms with Crippen LogP contribution in [0.15, 0.2) is 43.0 Å². The van der Waals surface area contributed by atoms with Crippen LogP contribution in [0.4, 0.5) is 11.4 Å². The van der Waals surface area contributed by atoms with Crippen LogP contribution in [0.1, 0.15) is 16.7 Å². The first-order chi connectivity index (χ1) is 12.8. The topological polar surface area (TPSA) is 108 Å². The van der Waals surface area contributed by atoms with Crippen LogP contribution in [0.25, 0.3) is 11.8 Å². The zero-order valence-electron chi connectivity index (χ0n) is 15.1. The molecule has 9 heteroatoms. The highest BCUT2D eigenvalue weighted by atomic mass is 16.6. The van der Waals surface area contributed by atoms with E-state index in [9.17, 15) is 14.9 Å². The number of nitro groups is 1. The lowest BCUT2D eigenvalue weighted by Gasteiger charge is -2.11. The van der Waals surface area contributed by atoms with Crippen molar-refractivity contribution in [2.75, 3.05) is 5.32 Å². The van der Waals surface area contributed by atoms with Crippen molar-refractivity contribution in [2.45, 2.75) is 13.8 Å². The van der Waals surface area contributed by atoms with Crippen LogP contribution in [0.3, 0.4) is 0 Å². The molecule has 0 unspecified atom stereocenters. The van der Waals surface area contributed by atoms with Gasteiger partial charge in [-0.25, -0.2) is 4.68 Å². The Kier molecular flexibility index (Phi) is 4.84. The Morgan fingerprint density at radius 2 is 2.00 bits per heavy atom. The third kappa shape index (κ3) is 4.09. The second kappa shape index (κ2) is 7.24. The van der Waals surface area contributed by atoms with Gasteiger partial charge >= 0.3 is 5.69 Å².